The molecular formula is C34H26N4O2. The number of nitriles is 1. The lowest BCUT2D eigenvalue weighted by molar-refractivity contribution is -0.121. The molecule has 40 heavy (non-hydrogen) atoms. The number of benzene rings is 4. The summed E-state index contributed by atoms with van der Waals surface area (Å²) in [4.78, 5) is 30.1. The standard InChI is InChI=1S/C34H26N4O2/c1-24-17-18-31-29(19-24)34(33(40)37(31)22-25-11-5-2-6-12-25)20-30(26-13-7-3-8-14-26)36-38(23-28(34)21-35)32(39)27-15-9-4-10-16-27/h2-19,23H,20,22H2,1H3. The first-order chi connectivity index (χ1) is 19.5. The Labute approximate surface area is 233 Å². The fourth-order valence-corrected chi connectivity index (χ4v) is 5.54. The third kappa shape index (κ3) is 4.18. The van der Waals surface area contributed by atoms with Crippen LogP contribution in [0.3, 0.4) is 0 Å². The second-order valence-corrected chi connectivity index (χ2v) is 10.1. The second kappa shape index (κ2) is 10.1. The lowest BCUT2D eigenvalue weighted by atomic mass is 9.71. The number of carbonyl (C=O) groups excluding carboxylic acids is 2. The number of rotatable bonds is 4. The van der Waals surface area contributed by atoms with E-state index < -0.39 is 5.41 Å². The molecule has 0 bridgehead atoms. The molecule has 6 heteroatoms. The summed E-state index contributed by atoms with van der Waals surface area (Å²) >= 11 is 0. The maximum atomic E-state index is 14.7. The first kappa shape index (κ1) is 25.0. The van der Waals surface area contributed by atoms with Crippen LogP contribution in [0.5, 0.6) is 0 Å². The fourth-order valence-electron chi connectivity index (χ4n) is 5.54. The highest BCUT2D eigenvalue weighted by molar-refractivity contribution is 6.16. The molecule has 6 rings (SSSR count). The molecule has 2 aliphatic heterocycles. The summed E-state index contributed by atoms with van der Waals surface area (Å²) in [5.41, 5.74) is 4.07. The van der Waals surface area contributed by atoms with Crippen molar-refractivity contribution in [2.45, 2.75) is 25.3 Å². The lowest BCUT2D eigenvalue weighted by Crippen LogP contribution is -2.42. The Morgan fingerprint density at radius 3 is 2.25 bits per heavy atom. The van der Waals surface area contributed by atoms with Crippen molar-refractivity contribution in [1.29, 1.82) is 5.26 Å². The number of amides is 2. The summed E-state index contributed by atoms with van der Waals surface area (Å²) in [5.74, 6) is -0.586. The molecule has 2 heterocycles. The van der Waals surface area contributed by atoms with Crippen molar-refractivity contribution in [3.63, 3.8) is 0 Å². The van der Waals surface area contributed by atoms with Gasteiger partial charge in [-0.05, 0) is 41.8 Å². The largest absolute Gasteiger partial charge is 0.307 e. The van der Waals surface area contributed by atoms with E-state index in [1.54, 1.807) is 29.2 Å². The van der Waals surface area contributed by atoms with E-state index in [0.29, 0.717) is 17.8 Å². The van der Waals surface area contributed by atoms with Gasteiger partial charge in [0, 0.05) is 23.9 Å². The normalized spacial score (nSPS) is 18.1. The maximum Gasteiger partial charge on any atom is 0.278 e. The molecule has 0 radical (unpaired) electrons. The summed E-state index contributed by atoms with van der Waals surface area (Å²) in [6.45, 7) is 2.34. The zero-order chi connectivity index (χ0) is 27.7. The molecule has 4 aromatic carbocycles. The zero-order valence-corrected chi connectivity index (χ0v) is 22.0. The van der Waals surface area contributed by atoms with Gasteiger partial charge in [-0.2, -0.15) is 10.4 Å². The molecule has 1 atom stereocenters. The van der Waals surface area contributed by atoms with Gasteiger partial charge in [-0.3, -0.25) is 9.59 Å². The molecule has 4 aromatic rings. The van der Waals surface area contributed by atoms with Crippen molar-refractivity contribution < 1.29 is 9.59 Å². The Kier molecular flexibility index (Phi) is 6.33. The highest BCUT2D eigenvalue weighted by atomic mass is 16.2. The highest BCUT2D eigenvalue weighted by Gasteiger charge is 2.55. The first-order valence-corrected chi connectivity index (χ1v) is 13.1. The molecule has 194 valence electrons. The number of fused-ring (bicyclic) bond motifs is 2. The Morgan fingerprint density at radius 1 is 0.925 bits per heavy atom. The number of hydrogen-bond donors (Lipinski definition) is 0. The Morgan fingerprint density at radius 2 is 1.57 bits per heavy atom. The van der Waals surface area contributed by atoms with Crippen LogP contribution < -0.4 is 4.90 Å². The van der Waals surface area contributed by atoms with E-state index in [0.717, 1.165) is 27.9 Å². The molecule has 0 fully saturated rings. The van der Waals surface area contributed by atoms with E-state index in [1.165, 1.54) is 11.2 Å². The van der Waals surface area contributed by atoms with Gasteiger partial charge in [-0.15, -0.1) is 0 Å². The summed E-state index contributed by atoms with van der Waals surface area (Å²) in [6.07, 6.45) is 1.58. The number of anilines is 1. The molecule has 2 amide bonds. The minimum atomic E-state index is -1.34. The van der Waals surface area contributed by atoms with Crippen LogP contribution in [0.4, 0.5) is 5.69 Å². The quantitative estimate of drug-likeness (QED) is 0.323. The number of hydrazone groups is 1. The van der Waals surface area contributed by atoms with E-state index in [9.17, 15) is 14.9 Å². The topological polar surface area (TPSA) is 76.8 Å². The van der Waals surface area contributed by atoms with Gasteiger partial charge in [0.2, 0.25) is 5.91 Å². The third-order valence-electron chi connectivity index (χ3n) is 7.52. The smallest absolute Gasteiger partial charge is 0.278 e. The van der Waals surface area contributed by atoms with Crippen LogP contribution in [-0.4, -0.2) is 22.5 Å². The molecule has 0 N–H and O–H groups in total. The van der Waals surface area contributed by atoms with Gasteiger partial charge in [-0.1, -0.05) is 96.6 Å². The van der Waals surface area contributed by atoms with Gasteiger partial charge in [0.05, 0.1) is 23.9 Å². The van der Waals surface area contributed by atoms with Crippen molar-refractivity contribution >= 4 is 23.2 Å². The molecule has 0 aliphatic carbocycles. The Bertz CT molecular complexity index is 1710. The van der Waals surface area contributed by atoms with Gasteiger partial charge in [0.15, 0.2) is 0 Å². The van der Waals surface area contributed by atoms with Crippen LogP contribution in [0.25, 0.3) is 0 Å². The molecule has 1 unspecified atom stereocenters. The van der Waals surface area contributed by atoms with Gasteiger partial charge in [0.25, 0.3) is 5.91 Å². The van der Waals surface area contributed by atoms with Gasteiger partial charge in [0.1, 0.15) is 5.41 Å². The molecule has 0 saturated carbocycles. The van der Waals surface area contributed by atoms with Crippen molar-refractivity contribution in [1.82, 2.24) is 5.01 Å². The molecular weight excluding hydrogens is 496 g/mol. The van der Waals surface area contributed by atoms with Crippen LogP contribution in [0.15, 0.2) is 126 Å². The Balaban J connectivity index is 1.57. The van der Waals surface area contributed by atoms with E-state index >= 15 is 0 Å². The SMILES string of the molecule is Cc1ccc2c(c1)C1(CC(c3ccccc3)=NN(C(=O)c3ccccc3)C=C1C#N)C(=O)N2Cc1ccccc1. The summed E-state index contributed by atoms with van der Waals surface area (Å²) in [6, 6.07) is 36.4. The predicted molar refractivity (Wildman–Crippen MR) is 154 cm³/mol. The van der Waals surface area contributed by atoms with Crippen LogP contribution in [-0.2, 0) is 16.8 Å². The van der Waals surface area contributed by atoms with Crippen LogP contribution in [0.1, 0.15) is 39.0 Å². The average Bonchev–Trinajstić information content (AvgIpc) is 3.12. The summed E-state index contributed by atoms with van der Waals surface area (Å²) < 4.78 is 0. The number of hydrogen-bond acceptors (Lipinski definition) is 4. The molecule has 6 nitrogen and oxygen atoms in total. The van der Waals surface area contributed by atoms with Crippen LogP contribution in [0.2, 0.25) is 0 Å². The van der Waals surface area contributed by atoms with E-state index in [1.807, 2.05) is 91.9 Å². The van der Waals surface area contributed by atoms with Crippen LogP contribution >= 0.6 is 0 Å². The monoisotopic (exact) mass is 522 g/mol. The predicted octanol–water partition coefficient (Wildman–Crippen LogP) is 6.14. The summed E-state index contributed by atoms with van der Waals surface area (Å²) in [7, 11) is 0. The highest BCUT2D eigenvalue weighted by Crippen LogP contribution is 2.51. The zero-order valence-electron chi connectivity index (χ0n) is 22.0. The number of nitrogens with zero attached hydrogens (tertiary/aromatic N) is 4. The first-order valence-electron chi connectivity index (χ1n) is 13.1. The van der Waals surface area contributed by atoms with Crippen LogP contribution in [0, 0.1) is 18.3 Å². The third-order valence-corrected chi connectivity index (χ3v) is 7.52. The Hall–Kier alpha value is -5.28. The maximum absolute atomic E-state index is 14.7. The molecule has 0 aromatic heterocycles. The van der Waals surface area contributed by atoms with Crippen molar-refractivity contribution in [3.05, 3.63) is 149 Å². The molecule has 1 spiro atoms. The lowest BCUT2D eigenvalue weighted by Gasteiger charge is -2.28. The van der Waals surface area contributed by atoms with Gasteiger partial charge < -0.3 is 4.90 Å². The van der Waals surface area contributed by atoms with E-state index in [4.69, 9.17) is 5.10 Å². The number of carbonyl (C=O) groups is 2. The number of aryl methyl sites for hydroxylation is 1. The minimum absolute atomic E-state index is 0.134. The van der Waals surface area contributed by atoms with Crippen molar-refractivity contribution in [2.24, 2.45) is 5.10 Å². The average molecular weight is 523 g/mol. The molecule has 2 aliphatic rings. The van der Waals surface area contributed by atoms with Crippen molar-refractivity contribution in [2.75, 3.05) is 4.90 Å². The van der Waals surface area contributed by atoms with E-state index in [2.05, 4.69) is 6.07 Å². The second-order valence-electron chi connectivity index (χ2n) is 10.1. The summed E-state index contributed by atoms with van der Waals surface area (Å²) in [5, 5.41) is 16.6. The molecule has 0 saturated heterocycles. The fraction of sp³-hybridized carbons (Fsp3) is 0.118. The van der Waals surface area contributed by atoms with Gasteiger partial charge >= 0.3 is 0 Å². The van der Waals surface area contributed by atoms with Gasteiger partial charge in [-0.25, -0.2) is 5.01 Å². The van der Waals surface area contributed by atoms with Crippen molar-refractivity contribution in [3.8, 4) is 6.07 Å². The van der Waals surface area contributed by atoms with E-state index in [-0.39, 0.29) is 23.8 Å². The minimum Gasteiger partial charge on any atom is -0.307 e.